The van der Waals surface area contributed by atoms with Gasteiger partial charge in [0.1, 0.15) is 11.6 Å². The minimum Gasteiger partial charge on any atom is -0.490 e. The molecule has 1 unspecified atom stereocenters. The molecule has 1 aliphatic heterocycles. The van der Waals surface area contributed by atoms with Crippen LogP contribution in [0.3, 0.4) is 0 Å². The smallest absolute Gasteiger partial charge is 0.258 e. The molecule has 2 aromatic carbocycles. The van der Waals surface area contributed by atoms with Gasteiger partial charge in [-0.05, 0) is 57.7 Å². The molecule has 1 N–H and O–H groups in total. The SMILES string of the molecule is CC(C)C(NC(=O)COc1ccc(F)cc1Br)c1ccc2c(c1)OCCCO2. The Balaban J connectivity index is 1.67. The van der Waals surface area contributed by atoms with Gasteiger partial charge in [-0.1, -0.05) is 19.9 Å². The molecule has 2 aromatic rings. The third kappa shape index (κ3) is 5.16. The van der Waals surface area contributed by atoms with Crippen LogP contribution < -0.4 is 19.5 Å². The first kappa shape index (κ1) is 20.5. The largest absolute Gasteiger partial charge is 0.490 e. The topological polar surface area (TPSA) is 56.8 Å². The first-order valence-corrected chi connectivity index (χ1v) is 10.00. The highest BCUT2D eigenvalue weighted by Gasteiger charge is 2.21. The second-order valence-corrected chi connectivity index (χ2v) is 7.76. The van der Waals surface area contributed by atoms with E-state index < -0.39 is 0 Å². The lowest BCUT2D eigenvalue weighted by atomic mass is 9.95. The van der Waals surface area contributed by atoms with Crippen LogP contribution in [0.1, 0.15) is 31.9 Å². The lowest BCUT2D eigenvalue weighted by molar-refractivity contribution is -0.124. The van der Waals surface area contributed by atoms with Gasteiger partial charge >= 0.3 is 0 Å². The molecule has 1 heterocycles. The molecular weight excluding hydrogens is 429 g/mol. The number of ether oxygens (including phenoxy) is 3. The molecule has 28 heavy (non-hydrogen) atoms. The van der Waals surface area contributed by atoms with Crippen molar-refractivity contribution < 1.29 is 23.4 Å². The molecule has 0 saturated carbocycles. The Morgan fingerprint density at radius 3 is 2.64 bits per heavy atom. The Morgan fingerprint density at radius 2 is 1.93 bits per heavy atom. The van der Waals surface area contributed by atoms with E-state index in [9.17, 15) is 9.18 Å². The molecule has 0 spiro atoms. The number of amides is 1. The Kier molecular flexibility index (Phi) is 6.78. The van der Waals surface area contributed by atoms with Gasteiger partial charge in [-0.2, -0.15) is 0 Å². The molecule has 1 aliphatic rings. The van der Waals surface area contributed by atoms with Crippen molar-refractivity contribution in [3.63, 3.8) is 0 Å². The highest BCUT2D eigenvalue weighted by molar-refractivity contribution is 9.10. The quantitative estimate of drug-likeness (QED) is 0.694. The van der Waals surface area contributed by atoms with Crippen LogP contribution >= 0.6 is 15.9 Å². The molecule has 150 valence electrons. The average molecular weight is 452 g/mol. The summed E-state index contributed by atoms with van der Waals surface area (Å²) in [5.41, 5.74) is 0.940. The van der Waals surface area contributed by atoms with E-state index in [2.05, 4.69) is 21.2 Å². The fourth-order valence-electron chi connectivity index (χ4n) is 2.96. The fourth-order valence-corrected chi connectivity index (χ4v) is 3.42. The van der Waals surface area contributed by atoms with Crippen LogP contribution in [0.2, 0.25) is 0 Å². The summed E-state index contributed by atoms with van der Waals surface area (Å²) in [6.45, 7) is 5.14. The maximum atomic E-state index is 13.2. The standard InChI is InChI=1S/C21H23BrFNO4/c1-13(2)21(14-4-6-18-19(10-14)27-9-3-8-26-18)24-20(25)12-28-17-7-5-15(23)11-16(17)22/h4-7,10-11,13,21H,3,8-9,12H2,1-2H3,(H,24,25). The van der Waals surface area contributed by atoms with E-state index in [1.54, 1.807) is 0 Å². The Hall–Kier alpha value is -2.28. The van der Waals surface area contributed by atoms with Gasteiger partial charge in [-0.15, -0.1) is 0 Å². The number of carbonyl (C=O) groups excluding carboxylic acids is 1. The number of hydrogen-bond donors (Lipinski definition) is 1. The van der Waals surface area contributed by atoms with Crippen molar-refractivity contribution in [2.45, 2.75) is 26.3 Å². The Morgan fingerprint density at radius 1 is 1.18 bits per heavy atom. The van der Waals surface area contributed by atoms with Crippen molar-refractivity contribution in [2.24, 2.45) is 5.92 Å². The summed E-state index contributed by atoms with van der Waals surface area (Å²) >= 11 is 3.23. The Bertz CT molecular complexity index is 843. The van der Waals surface area contributed by atoms with E-state index in [0.29, 0.717) is 29.2 Å². The lowest BCUT2D eigenvalue weighted by Crippen LogP contribution is -2.35. The van der Waals surface area contributed by atoms with Gasteiger partial charge in [-0.3, -0.25) is 4.79 Å². The molecule has 0 aliphatic carbocycles. The monoisotopic (exact) mass is 451 g/mol. The van der Waals surface area contributed by atoms with Crippen molar-refractivity contribution >= 4 is 21.8 Å². The number of hydrogen-bond acceptors (Lipinski definition) is 4. The summed E-state index contributed by atoms with van der Waals surface area (Å²) in [6.07, 6.45) is 0.838. The molecule has 0 saturated heterocycles. The summed E-state index contributed by atoms with van der Waals surface area (Å²) in [5.74, 6) is 1.35. The van der Waals surface area contributed by atoms with Crippen molar-refractivity contribution in [2.75, 3.05) is 19.8 Å². The van der Waals surface area contributed by atoms with Gasteiger partial charge in [0.2, 0.25) is 0 Å². The van der Waals surface area contributed by atoms with Gasteiger partial charge < -0.3 is 19.5 Å². The fraction of sp³-hybridized carbons (Fsp3) is 0.381. The summed E-state index contributed by atoms with van der Waals surface area (Å²) in [6, 6.07) is 9.60. The van der Waals surface area contributed by atoms with E-state index in [1.165, 1.54) is 18.2 Å². The zero-order valence-corrected chi connectivity index (χ0v) is 17.4. The van der Waals surface area contributed by atoms with Crippen LogP contribution in [-0.2, 0) is 4.79 Å². The zero-order chi connectivity index (χ0) is 20.1. The molecular formula is C21H23BrFNO4. The predicted molar refractivity (Wildman–Crippen MR) is 107 cm³/mol. The van der Waals surface area contributed by atoms with Gasteiger partial charge in [0.25, 0.3) is 5.91 Å². The highest BCUT2D eigenvalue weighted by atomic mass is 79.9. The van der Waals surface area contributed by atoms with E-state index >= 15 is 0 Å². The molecule has 0 aromatic heterocycles. The number of benzene rings is 2. The van der Waals surface area contributed by atoms with E-state index in [1.807, 2.05) is 32.0 Å². The molecule has 7 heteroatoms. The number of fused-ring (bicyclic) bond motifs is 1. The highest BCUT2D eigenvalue weighted by Crippen LogP contribution is 2.34. The molecule has 1 atom stereocenters. The number of nitrogens with one attached hydrogen (secondary N) is 1. The van der Waals surface area contributed by atoms with Gasteiger partial charge in [0.05, 0.1) is 23.7 Å². The normalized spacial score (nSPS) is 14.3. The second-order valence-electron chi connectivity index (χ2n) is 6.91. The molecule has 5 nitrogen and oxygen atoms in total. The van der Waals surface area contributed by atoms with Crippen LogP contribution in [0.25, 0.3) is 0 Å². The van der Waals surface area contributed by atoms with E-state index in [-0.39, 0.29) is 30.3 Å². The molecule has 1 amide bonds. The summed E-state index contributed by atoms with van der Waals surface area (Å²) in [5, 5.41) is 3.01. The van der Waals surface area contributed by atoms with Crippen LogP contribution in [0.5, 0.6) is 17.2 Å². The summed E-state index contributed by atoms with van der Waals surface area (Å²) in [4.78, 5) is 12.4. The number of rotatable bonds is 6. The molecule has 3 rings (SSSR count). The van der Waals surface area contributed by atoms with Gasteiger partial charge in [-0.25, -0.2) is 4.39 Å². The van der Waals surface area contributed by atoms with E-state index in [0.717, 1.165) is 17.7 Å². The number of carbonyl (C=O) groups is 1. The lowest BCUT2D eigenvalue weighted by Gasteiger charge is -2.24. The number of halogens is 2. The van der Waals surface area contributed by atoms with Crippen LogP contribution in [-0.4, -0.2) is 25.7 Å². The predicted octanol–water partition coefficient (Wildman–Crippen LogP) is 4.64. The average Bonchev–Trinajstić information content (AvgIpc) is 2.90. The second kappa shape index (κ2) is 9.28. The summed E-state index contributed by atoms with van der Waals surface area (Å²) < 4.78 is 30.5. The molecule has 0 bridgehead atoms. The third-order valence-electron chi connectivity index (χ3n) is 4.37. The van der Waals surface area contributed by atoms with E-state index in [4.69, 9.17) is 14.2 Å². The maximum Gasteiger partial charge on any atom is 0.258 e. The first-order valence-electron chi connectivity index (χ1n) is 9.21. The van der Waals surface area contributed by atoms with Crippen molar-refractivity contribution in [3.05, 3.63) is 52.3 Å². The first-order chi connectivity index (χ1) is 13.4. The molecule has 0 radical (unpaired) electrons. The van der Waals surface area contributed by atoms with Crippen LogP contribution in [0, 0.1) is 11.7 Å². The zero-order valence-electron chi connectivity index (χ0n) is 15.8. The van der Waals surface area contributed by atoms with Crippen molar-refractivity contribution in [1.29, 1.82) is 0 Å². The van der Waals surface area contributed by atoms with Crippen molar-refractivity contribution in [3.8, 4) is 17.2 Å². The third-order valence-corrected chi connectivity index (χ3v) is 4.99. The van der Waals surface area contributed by atoms with Gasteiger partial charge in [0.15, 0.2) is 18.1 Å². The Labute approximate surface area is 172 Å². The van der Waals surface area contributed by atoms with Crippen molar-refractivity contribution in [1.82, 2.24) is 5.32 Å². The minimum absolute atomic E-state index is 0.159. The van der Waals surface area contributed by atoms with Gasteiger partial charge in [0, 0.05) is 6.42 Å². The minimum atomic E-state index is -0.377. The summed E-state index contributed by atoms with van der Waals surface area (Å²) in [7, 11) is 0. The maximum absolute atomic E-state index is 13.2. The van der Waals surface area contributed by atoms with Crippen LogP contribution in [0.15, 0.2) is 40.9 Å². The van der Waals surface area contributed by atoms with Crippen LogP contribution in [0.4, 0.5) is 4.39 Å². The molecule has 0 fully saturated rings.